The highest BCUT2D eigenvalue weighted by Crippen LogP contribution is 2.19. The number of hydrogen-bond acceptors (Lipinski definition) is 4. The summed E-state index contributed by atoms with van der Waals surface area (Å²) in [5, 5.41) is 9.01. The average molecular weight is 283 g/mol. The summed E-state index contributed by atoms with van der Waals surface area (Å²) in [6.45, 7) is 5.66. The van der Waals surface area contributed by atoms with Crippen LogP contribution >= 0.6 is 0 Å². The molecule has 2 rings (SSSR count). The third kappa shape index (κ3) is 4.18. The molecule has 0 spiro atoms. The fourth-order valence-corrected chi connectivity index (χ4v) is 2.28. The first-order valence-corrected chi connectivity index (χ1v) is 7.53. The maximum atomic E-state index is 12.2. The van der Waals surface area contributed by atoms with E-state index in [-0.39, 0.29) is 23.8 Å². The molecule has 20 heavy (non-hydrogen) atoms. The van der Waals surface area contributed by atoms with E-state index in [1.54, 1.807) is 6.92 Å². The molecule has 1 aliphatic carbocycles. The van der Waals surface area contributed by atoms with E-state index in [1.165, 1.54) is 0 Å². The number of rotatable bonds is 7. The quantitative estimate of drug-likeness (QED) is 0.604. The van der Waals surface area contributed by atoms with Gasteiger partial charge in [0.2, 0.25) is 11.8 Å². The minimum atomic E-state index is -0.490. The summed E-state index contributed by atoms with van der Waals surface area (Å²) in [5.74, 6) is -0.412. The molecule has 0 aromatic rings. The van der Waals surface area contributed by atoms with Crippen molar-refractivity contribution in [2.45, 2.75) is 51.2 Å². The van der Waals surface area contributed by atoms with Gasteiger partial charge in [0.15, 0.2) is 0 Å². The Morgan fingerprint density at radius 1 is 1.30 bits per heavy atom. The summed E-state index contributed by atoms with van der Waals surface area (Å²) in [4.78, 5) is 24.0. The lowest BCUT2D eigenvalue weighted by Gasteiger charge is -2.21. The van der Waals surface area contributed by atoms with E-state index >= 15 is 0 Å². The molecule has 114 valence electrons. The number of carbonyl (C=O) groups excluding carboxylic acids is 2. The van der Waals surface area contributed by atoms with E-state index in [0.29, 0.717) is 19.3 Å². The van der Waals surface area contributed by atoms with Gasteiger partial charge in [-0.05, 0) is 32.7 Å². The van der Waals surface area contributed by atoms with Gasteiger partial charge in [0.25, 0.3) is 0 Å². The molecule has 1 saturated heterocycles. The van der Waals surface area contributed by atoms with E-state index < -0.39 is 6.04 Å². The van der Waals surface area contributed by atoms with Gasteiger partial charge < -0.3 is 20.7 Å². The Balaban J connectivity index is 1.78. The summed E-state index contributed by atoms with van der Waals surface area (Å²) in [5.41, 5.74) is 0. The lowest BCUT2D eigenvalue weighted by Crippen LogP contribution is -2.50. The van der Waals surface area contributed by atoms with Crippen molar-refractivity contribution >= 4 is 11.8 Å². The van der Waals surface area contributed by atoms with Crippen molar-refractivity contribution in [2.24, 2.45) is 5.92 Å². The monoisotopic (exact) mass is 283 g/mol. The molecule has 1 heterocycles. The predicted molar refractivity (Wildman–Crippen MR) is 75.2 cm³/mol. The normalized spacial score (nSPS) is 27.1. The highest BCUT2D eigenvalue weighted by Gasteiger charge is 2.35. The molecule has 0 aromatic carbocycles. The zero-order valence-corrected chi connectivity index (χ0v) is 12.3. The lowest BCUT2D eigenvalue weighted by molar-refractivity contribution is -0.131. The highest BCUT2D eigenvalue weighted by molar-refractivity contribution is 5.88. The van der Waals surface area contributed by atoms with Gasteiger partial charge in [0.1, 0.15) is 6.04 Å². The molecule has 1 aliphatic heterocycles. The van der Waals surface area contributed by atoms with E-state index in [4.69, 9.17) is 4.74 Å². The fraction of sp³-hybridized carbons (Fsp3) is 0.857. The van der Waals surface area contributed by atoms with Crippen LogP contribution in [0.25, 0.3) is 0 Å². The highest BCUT2D eigenvalue weighted by atomic mass is 16.5. The molecule has 3 atom stereocenters. The number of nitrogens with one attached hydrogen (secondary N) is 3. The Hall–Kier alpha value is -1.14. The second-order valence-electron chi connectivity index (χ2n) is 5.72. The largest absolute Gasteiger partial charge is 0.379 e. The first-order chi connectivity index (χ1) is 9.61. The van der Waals surface area contributed by atoms with Crippen molar-refractivity contribution in [1.82, 2.24) is 16.0 Å². The second kappa shape index (κ2) is 7.04. The summed E-state index contributed by atoms with van der Waals surface area (Å²) in [7, 11) is 0. The van der Waals surface area contributed by atoms with Gasteiger partial charge in [0.05, 0.1) is 19.1 Å². The van der Waals surface area contributed by atoms with Crippen LogP contribution < -0.4 is 16.0 Å². The third-order valence-electron chi connectivity index (χ3n) is 3.75. The van der Waals surface area contributed by atoms with Crippen LogP contribution in [0.15, 0.2) is 0 Å². The smallest absolute Gasteiger partial charge is 0.242 e. The Morgan fingerprint density at radius 2 is 2.05 bits per heavy atom. The van der Waals surface area contributed by atoms with Crippen LogP contribution in [0.2, 0.25) is 0 Å². The van der Waals surface area contributed by atoms with Crippen molar-refractivity contribution in [3.05, 3.63) is 0 Å². The van der Waals surface area contributed by atoms with Gasteiger partial charge in [-0.3, -0.25) is 9.59 Å². The van der Waals surface area contributed by atoms with Crippen LogP contribution in [0.3, 0.4) is 0 Å². The zero-order chi connectivity index (χ0) is 14.5. The standard InChI is InChI=1S/C14H25N3O3/c1-3-6-15-12-8-20-7-11(12)14(19)16-9(2)13(18)17-10-4-5-10/h9-12,15H,3-8H2,1-2H3,(H,16,19)(H,17,18). The summed E-state index contributed by atoms with van der Waals surface area (Å²) in [6.07, 6.45) is 3.11. The molecule has 1 saturated carbocycles. The molecule has 0 aromatic heterocycles. The maximum Gasteiger partial charge on any atom is 0.242 e. The van der Waals surface area contributed by atoms with Crippen molar-refractivity contribution in [1.29, 1.82) is 0 Å². The maximum absolute atomic E-state index is 12.2. The molecular formula is C14H25N3O3. The van der Waals surface area contributed by atoms with Crippen LogP contribution in [0.1, 0.15) is 33.1 Å². The minimum absolute atomic E-state index is 0.0497. The molecule has 0 radical (unpaired) electrons. The Bertz CT molecular complexity index is 358. The van der Waals surface area contributed by atoms with Gasteiger partial charge in [-0.2, -0.15) is 0 Å². The Kier molecular flexibility index (Phi) is 5.37. The first-order valence-electron chi connectivity index (χ1n) is 7.53. The van der Waals surface area contributed by atoms with E-state index in [9.17, 15) is 9.59 Å². The number of amides is 2. The van der Waals surface area contributed by atoms with Crippen LogP contribution in [0, 0.1) is 5.92 Å². The molecule has 3 N–H and O–H groups in total. The van der Waals surface area contributed by atoms with Crippen molar-refractivity contribution in [2.75, 3.05) is 19.8 Å². The lowest BCUT2D eigenvalue weighted by atomic mass is 10.0. The second-order valence-corrected chi connectivity index (χ2v) is 5.72. The topological polar surface area (TPSA) is 79.5 Å². The predicted octanol–water partition coefficient (Wildman–Crippen LogP) is -0.216. The van der Waals surface area contributed by atoms with Crippen molar-refractivity contribution < 1.29 is 14.3 Å². The molecule has 3 unspecified atom stereocenters. The molecule has 2 aliphatic rings. The van der Waals surface area contributed by atoms with Crippen LogP contribution in [0.4, 0.5) is 0 Å². The summed E-state index contributed by atoms with van der Waals surface area (Å²) >= 11 is 0. The average Bonchev–Trinajstić information content (AvgIpc) is 3.10. The number of carbonyl (C=O) groups is 2. The molecular weight excluding hydrogens is 258 g/mol. The minimum Gasteiger partial charge on any atom is -0.379 e. The van der Waals surface area contributed by atoms with Crippen molar-refractivity contribution in [3.8, 4) is 0 Å². The summed E-state index contributed by atoms with van der Waals surface area (Å²) < 4.78 is 5.38. The molecule has 2 amide bonds. The molecule has 6 nitrogen and oxygen atoms in total. The Labute approximate surface area is 120 Å². The number of hydrogen-bond donors (Lipinski definition) is 3. The number of ether oxygens (including phenoxy) is 1. The van der Waals surface area contributed by atoms with Gasteiger partial charge in [-0.1, -0.05) is 6.92 Å². The van der Waals surface area contributed by atoms with E-state index in [1.807, 2.05) is 0 Å². The van der Waals surface area contributed by atoms with Crippen LogP contribution in [-0.4, -0.2) is 49.7 Å². The molecule has 2 fully saturated rings. The van der Waals surface area contributed by atoms with E-state index in [0.717, 1.165) is 25.8 Å². The zero-order valence-electron chi connectivity index (χ0n) is 12.3. The molecule has 6 heteroatoms. The SMILES string of the molecule is CCCNC1COCC1C(=O)NC(C)C(=O)NC1CC1. The van der Waals surface area contributed by atoms with Gasteiger partial charge in [-0.25, -0.2) is 0 Å². The molecule has 0 bridgehead atoms. The Morgan fingerprint density at radius 3 is 2.70 bits per heavy atom. The summed E-state index contributed by atoms with van der Waals surface area (Å²) in [6, 6.07) is -0.125. The first kappa shape index (κ1) is 15.3. The van der Waals surface area contributed by atoms with Gasteiger partial charge in [0, 0.05) is 12.1 Å². The van der Waals surface area contributed by atoms with Gasteiger partial charge in [-0.15, -0.1) is 0 Å². The third-order valence-corrected chi connectivity index (χ3v) is 3.75. The van der Waals surface area contributed by atoms with Crippen molar-refractivity contribution in [3.63, 3.8) is 0 Å². The van der Waals surface area contributed by atoms with Crippen LogP contribution in [0.5, 0.6) is 0 Å². The van der Waals surface area contributed by atoms with E-state index in [2.05, 4.69) is 22.9 Å². The fourth-order valence-electron chi connectivity index (χ4n) is 2.28. The van der Waals surface area contributed by atoms with Gasteiger partial charge >= 0.3 is 0 Å². The van der Waals surface area contributed by atoms with Crippen LogP contribution in [-0.2, 0) is 14.3 Å².